The van der Waals surface area contributed by atoms with Gasteiger partial charge in [-0.05, 0) is 45.6 Å². The molecule has 6 rings (SSSR count). The first-order valence-electron chi connectivity index (χ1n) is 12.7. The first-order chi connectivity index (χ1) is 18.1. The molecule has 1 aliphatic heterocycles. The second-order valence-electron chi connectivity index (χ2n) is 10.6. The molecule has 2 saturated carbocycles. The lowest BCUT2D eigenvalue weighted by Gasteiger charge is -2.37. The Morgan fingerprint density at radius 2 is 1.95 bits per heavy atom. The van der Waals surface area contributed by atoms with Gasteiger partial charge in [-0.1, -0.05) is 17.8 Å². The molecule has 1 saturated heterocycles. The number of pyridine rings is 1. The second-order valence-corrected chi connectivity index (χ2v) is 13.3. The molecular weight excluding hydrogens is 534 g/mol. The van der Waals surface area contributed by atoms with Gasteiger partial charge in [0.2, 0.25) is 10.0 Å². The Balaban J connectivity index is 1.58. The summed E-state index contributed by atoms with van der Waals surface area (Å²) < 4.78 is 58.2. The zero-order chi connectivity index (χ0) is 26.8. The van der Waals surface area contributed by atoms with Crippen molar-refractivity contribution >= 4 is 32.7 Å². The fraction of sp³-hybridized carbons (Fsp3) is 0.583. The molecule has 2 atom stereocenters. The molecular formula is C24H28F2N8O2S2. The normalized spacial score (nSPS) is 23.5. The first-order valence-corrected chi connectivity index (χ1v) is 15.0. The smallest absolute Gasteiger partial charge is 0.291 e. The maximum Gasteiger partial charge on any atom is 0.291 e. The number of anilines is 1. The van der Waals surface area contributed by atoms with Crippen LogP contribution in [0.2, 0.25) is 0 Å². The number of halogens is 2. The number of imidazole rings is 1. The van der Waals surface area contributed by atoms with Gasteiger partial charge < -0.3 is 10.2 Å². The van der Waals surface area contributed by atoms with Gasteiger partial charge in [0, 0.05) is 37.3 Å². The zero-order valence-corrected chi connectivity index (χ0v) is 22.6. The number of nitrogens with one attached hydrogen (secondary N) is 2. The van der Waals surface area contributed by atoms with Crippen molar-refractivity contribution in [3.05, 3.63) is 23.0 Å². The third-order valence-electron chi connectivity index (χ3n) is 7.53. The largest absolute Gasteiger partial charge is 0.365 e. The maximum atomic E-state index is 13.6. The summed E-state index contributed by atoms with van der Waals surface area (Å²) >= 11 is 0.794. The Labute approximate surface area is 223 Å². The lowest BCUT2D eigenvalue weighted by Crippen LogP contribution is -2.54. The van der Waals surface area contributed by atoms with Gasteiger partial charge in [-0.2, -0.15) is 9.98 Å². The van der Waals surface area contributed by atoms with Crippen LogP contribution in [0, 0.1) is 11.3 Å². The van der Waals surface area contributed by atoms with Crippen molar-refractivity contribution in [1.82, 2.24) is 29.6 Å². The molecule has 3 aromatic heterocycles. The topological polar surface area (TPSA) is 128 Å². The van der Waals surface area contributed by atoms with E-state index in [2.05, 4.69) is 45.1 Å². The second kappa shape index (κ2) is 9.18. The van der Waals surface area contributed by atoms with Crippen LogP contribution >= 0.6 is 11.3 Å². The Morgan fingerprint density at radius 1 is 1.24 bits per heavy atom. The predicted molar refractivity (Wildman–Crippen MR) is 138 cm³/mol. The van der Waals surface area contributed by atoms with E-state index in [0.717, 1.165) is 36.3 Å². The van der Waals surface area contributed by atoms with Crippen molar-refractivity contribution < 1.29 is 17.2 Å². The summed E-state index contributed by atoms with van der Waals surface area (Å²) in [6.45, 7) is 5.40. The van der Waals surface area contributed by atoms with Gasteiger partial charge in [-0.25, -0.2) is 22.2 Å². The fourth-order valence-electron chi connectivity index (χ4n) is 5.30. The lowest BCUT2D eigenvalue weighted by molar-refractivity contribution is 0.150. The van der Waals surface area contributed by atoms with Gasteiger partial charge in [-0.15, -0.1) is 10.2 Å². The summed E-state index contributed by atoms with van der Waals surface area (Å²) in [7, 11) is -4.07. The Hall–Kier alpha value is -2.73. The van der Waals surface area contributed by atoms with Crippen molar-refractivity contribution in [1.29, 1.82) is 5.26 Å². The van der Waals surface area contributed by atoms with E-state index in [4.69, 9.17) is 4.98 Å². The van der Waals surface area contributed by atoms with Gasteiger partial charge >= 0.3 is 0 Å². The van der Waals surface area contributed by atoms with Gasteiger partial charge in [0.15, 0.2) is 15.7 Å². The lowest BCUT2D eigenvalue weighted by atomic mass is 9.82. The van der Waals surface area contributed by atoms with Crippen molar-refractivity contribution in [2.45, 2.75) is 80.8 Å². The van der Waals surface area contributed by atoms with E-state index in [1.807, 2.05) is 0 Å². The number of sulfonamides is 1. The number of piperazine rings is 1. The molecule has 2 N–H and O–H groups in total. The third kappa shape index (κ3) is 4.45. The number of nitriles is 1. The van der Waals surface area contributed by atoms with Crippen molar-refractivity contribution in [2.24, 2.45) is 0 Å². The molecule has 0 unspecified atom stereocenters. The Morgan fingerprint density at radius 3 is 2.50 bits per heavy atom. The molecule has 3 aliphatic rings. The van der Waals surface area contributed by atoms with Crippen LogP contribution in [0.25, 0.3) is 16.3 Å². The standard InChI is InChI=1S/C24H28F2N8O2S2/c1-13-9-33(10-14(2)28-13)17-8-16(38(35,36)32-24(12-27)6-7-24)11-34-19(22-30-31-23(37-22)20(25)26)18(29-21(17)34)15-4-3-5-15/h8,11,13-15,20,28,32H,3-7,9-10H2,1-2H3/t13-,14-/m0/s1. The molecule has 10 nitrogen and oxygen atoms in total. The van der Waals surface area contributed by atoms with E-state index in [-0.39, 0.29) is 27.9 Å². The van der Waals surface area contributed by atoms with E-state index < -0.39 is 27.0 Å². The number of alkyl halides is 2. The van der Waals surface area contributed by atoms with Crippen LogP contribution in [-0.4, -0.2) is 58.7 Å². The number of fused-ring (bicyclic) bond motifs is 1. The van der Waals surface area contributed by atoms with Gasteiger partial charge in [0.05, 0.1) is 17.5 Å². The van der Waals surface area contributed by atoms with Crippen LogP contribution in [0.5, 0.6) is 0 Å². The van der Waals surface area contributed by atoms with Gasteiger partial charge in [0.25, 0.3) is 6.43 Å². The molecule has 202 valence electrons. The molecule has 0 spiro atoms. The highest BCUT2D eigenvalue weighted by Gasteiger charge is 2.47. The number of nitrogens with zero attached hydrogens (tertiary/aromatic N) is 6. The number of rotatable bonds is 7. The molecule has 0 amide bonds. The third-order valence-corrected chi connectivity index (χ3v) is 9.97. The van der Waals surface area contributed by atoms with Crippen molar-refractivity contribution in [3.8, 4) is 16.8 Å². The average molecular weight is 563 g/mol. The van der Waals surface area contributed by atoms with Crippen LogP contribution in [0.3, 0.4) is 0 Å². The van der Waals surface area contributed by atoms with Crippen LogP contribution < -0.4 is 14.9 Å². The highest BCUT2D eigenvalue weighted by molar-refractivity contribution is 7.89. The summed E-state index contributed by atoms with van der Waals surface area (Å²) in [5.41, 5.74) is 1.33. The quantitative estimate of drug-likeness (QED) is 0.447. The van der Waals surface area contributed by atoms with Crippen LogP contribution in [0.4, 0.5) is 14.5 Å². The summed E-state index contributed by atoms with van der Waals surface area (Å²) in [4.78, 5) is 7.10. The van der Waals surface area contributed by atoms with Crippen LogP contribution in [0.15, 0.2) is 17.2 Å². The van der Waals surface area contributed by atoms with E-state index in [0.29, 0.717) is 43.0 Å². The van der Waals surface area contributed by atoms with E-state index in [9.17, 15) is 22.5 Å². The molecule has 3 aromatic rings. The van der Waals surface area contributed by atoms with Gasteiger partial charge in [0.1, 0.15) is 16.1 Å². The molecule has 4 heterocycles. The van der Waals surface area contributed by atoms with E-state index in [1.54, 1.807) is 10.5 Å². The molecule has 0 radical (unpaired) electrons. The Bertz CT molecular complexity index is 1530. The Kier molecular flexibility index (Phi) is 6.17. The minimum atomic E-state index is -4.07. The minimum Gasteiger partial charge on any atom is -0.365 e. The number of hydrogen-bond donors (Lipinski definition) is 2. The number of aromatic nitrogens is 4. The van der Waals surface area contributed by atoms with Gasteiger partial charge in [-0.3, -0.25) is 4.40 Å². The molecule has 38 heavy (non-hydrogen) atoms. The maximum absolute atomic E-state index is 13.6. The molecule has 14 heteroatoms. The summed E-state index contributed by atoms with van der Waals surface area (Å²) in [5.74, 6) is 0.129. The molecule has 3 fully saturated rings. The first kappa shape index (κ1) is 25.5. The van der Waals surface area contributed by atoms with Crippen LogP contribution in [-0.2, 0) is 10.0 Å². The monoisotopic (exact) mass is 562 g/mol. The summed E-state index contributed by atoms with van der Waals surface area (Å²) in [6.07, 6.45) is 2.47. The van der Waals surface area contributed by atoms with E-state index >= 15 is 0 Å². The average Bonchev–Trinajstić information content (AvgIpc) is 3.23. The molecule has 0 bridgehead atoms. The minimum absolute atomic E-state index is 0.0160. The fourth-order valence-corrected chi connectivity index (χ4v) is 7.44. The highest BCUT2D eigenvalue weighted by atomic mass is 32.2. The summed E-state index contributed by atoms with van der Waals surface area (Å²) in [6, 6.07) is 4.00. The van der Waals surface area contributed by atoms with E-state index in [1.165, 1.54) is 6.20 Å². The predicted octanol–water partition coefficient (Wildman–Crippen LogP) is 3.58. The van der Waals surface area contributed by atoms with Crippen molar-refractivity contribution in [3.63, 3.8) is 0 Å². The highest BCUT2D eigenvalue weighted by Crippen LogP contribution is 2.44. The summed E-state index contributed by atoms with van der Waals surface area (Å²) in [5, 5.41) is 20.6. The SMILES string of the molecule is C[C@H]1CN(c2cc(S(=O)(=O)NC3(C#N)CC3)cn3c(-c4nnc(C(F)F)s4)c(C4CCC4)nc23)C[C@H](C)N1. The number of hydrogen-bond acceptors (Lipinski definition) is 9. The molecule has 0 aromatic carbocycles. The van der Waals surface area contributed by atoms with Crippen molar-refractivity contribution in [2.75, 3.05) is 18.0 Å². The van der Waals surface area contributed by atoms with Crippen LogP contribution in [0.1, 0.15) is 69.0 Å². The zero-order valence-electron chi connectivity index (χ0n) is 21.0. The molecule has 2 aliphatic carbocycles.